The smallest absolute Gasteiger partial charge is 0.522 e. The van der Waals surface area contributed by atoms with Crippen molar-refractivity contribution in [2.45, 2.75) is 18.8 Å². The zero-order valence-electron chi connectivity index (χ0n) is 13.7. The summed E-state index contributed by atoms with van der Waals surface area (Å²) < 4.78 is 16.0. The van der Waals surface area contributed by atoms with Crippen LogP contribution >= 0.6 is 12.4 Å². The van der Waals surface area contributed by atoms with Gasteiger partial charge in [-0.25, -0.2) is 4.79 Å². The predicted octanol–water partition coefficient (Wildman–Crippen LogP) is 0.909. The fraction of sp³-hybridized carbons (Fsp3) is 0.467. The number of benzene rings is 1. The standard InChI is InChI=1S/C15H19BN2O6.ClH/c1-22-8-12(17)18-6-10(7-18)23-11-3-2-9-4-5-16(21)24-14(9)13(11)15(19)20;/h2-3,10,17,21H,4-8H2,1H3,(H,19,20);1H. The van der Waals surface area contributed by atoms with Gasteiger partial charge in [-0.15, -0.1) is 12.4 Å². The highest BCUT2D eigenvalue weighted by Crippen LogP contribution is 2.37. The Morgan fingerprint density at radius 2 is 2.20 bits per heavy atom. The number of nitrogens with one attached hydrogen (secondary N) is 1. The molecule has 0 amide bonds. The number of hydrogen-bond acceptors (Lipinski definition) is 6. The number of halogens is 1. The first-order valence-electron chi connectivity index (χ1n) is 7.71. The SMILES string of the molecule is COCC(=N)N1CC(Oc2ccc3c(c2C(=O)O)OB(O)CC3)C1.Cl. The molecular formula is C15H20BClN2O6. The van der Waals surface area contributed by atoms with Crippen molar-refractivity contribution in [2.75, 3.05) is 26.8 Å². The predicted molar refractivity (Wildman–Crippen MR) is 93.4 cm³/mol. The molecule has 0 unspecified atom stereocenters. The Labute approximate surface area is 151 Å². The van der Waals surface area contributed by atoms with E-state index in [1.165, 1.54) is 7.11 Å². The number of carbonyl (C=O) groups is 1. The molecular weight excluding hydrogens is 350 g/mol. The summed E-state index contributed by atoms with van der Waals surface area (Å²) in [5.74, 6) is -0.382. The van der Waals surface area contributed by atoms with E-state index >= 15 is 0 Å². The van der Waals surface area contributed by atoms with Gasteiger partial charge < -0.3 is 29.2 Å². The van der Waals surface area contributed by atoms with Crippen LogP contribution in [0.3, 0.4) is 0 Å². The first kappa shape index (κ1) is 19.4. The highest BCUT2D eigenvalue weighted by atomic mass is 35.5. The molecule has 1 saturated heterocycles. The van der Waals surface area contributed by atoms with Gasteiger partial charge in [0.15, 0.2) is 0 Å². The molecule has 2 aliphatic heterocycles. The number of carboxylic acid groups (broad SMARTS) is 1. The van der Waals surface area contributed by atoms with Crippen LogP contribution in [0.15, 0.2) is 12.1 Å². The minimum atomic E-state index is -1.15. The molecule has 3 N–H and O–H groups in total. The van der Waals surface area contributed by atoms with Gasteiger partial charge in [0.2, 0.25) is 0 Å². The zero-order valence-corrected chi connectivity index (χ0v) is 14.5. The van der Waals surface area contributed by atoms with Gasteiger partial charge in [0, 0.05) is 7.11 Å². The zero-order chi connectivity index (χ0) is 17.3. The van der Waals surface area contributed by atoms with Crippen LogP contribution < -0.4 is 9.39 Å². The second-order valence-electron chi connectivity index (χ2n) is 5.87. The molecule has 1 aromatic carbocycles. The molecule has 136 valence electrons. The van der Waals surface area contributed by atoms with Crippen LogP contribution in [0.1, 0.15) is 15.9 Å². The van der Waals surface area contributed by atoms with E-state index in [4.69, 9.17) is 19.5 Å². The molecule has 0 atom stereocenters. The van der Waals surface area contributed by atoms with Crippen molar-refractivity contribution in [3.05, 3.63) is 23.3 Å². The number of ether oxygens (including phenoxy) is 2. The first-order valence-corrected chi connectivity index (χ1v) is 7.71. The molecule has 3 rings (SSSR count). The lowest BCUT2D eigenvalue weighted by Gasteiger charge is -2.40. The van der Waals surface area contributed by atoms with Crippen LogP contribution in [0.4, 0.5) is 0 Å². The molecule has 8 nitrogen and oxygen atoms in total. The average Bonchev–Trinajstić information content (AvgIpc) is 2.49. The third kappa shape index (κ3) is 4.00. The Bertz CT molecular complexity index is 668. The number of methoxy groups -OCH3 is 1. The number of rotatable bonds is 5. The van der Waals surface area contributed by atoms with Gasteiger partial charge in [-0.05, 0) is 24.4 Å². The molecule has 2 aliphatic rings. The summed E-state index contributed by atoms with van der Waals surface area (Å²) in [5, 5.41) is 26.9. The van der Waals surface area contributed by atoms with Crippen LogP contribution in [0.5, 0.6) is 11.5 Å². The largest absolute Gasteiger partial charge is 0.535 e. The Kier molecular flexibility index (Phi) is 6.15. The second-order valence-corrected chi connectivity index (χ2v) is 5.87. The Morgan fingerprint density at radius 1 is 1.48 bits per heavy atom. The van der Waals surface area contributed by atoms with E-state index in [1.807, 2.05) is 0 Å². The van der Waals surface area contributed by atoms with Crippen LogP contribution in [-0.4, -0.2) is 66.9 Å². The van der Waals surface area contributed by atoms with Crippen molar-refractivity contribution in [1.82, 2.24) is 4.90 Å². The lowest BCUT2D eigenvalue weighted by atomic mass is 9.78. The van der Waals surface area contributed by atoms with E-state index in [-0.39, 0.29) is 42.2 Å². The molecule has 0 spiro atoms. The van der Waals surface area contributed by atoms with Crippen molar-refractivity contribution in [3.63, 3.8) is 0 Å². The summed E-state index contributed by atoms with van der Waals surface area (Å²) >= 11 is 0. The summed E-state index contributed by atoms with van der Waals surface area (Å²) in [4.78, 5) is 13.4. The molecule has 2 heterocycles. The van der Waals surface area contributed by atoms with E-state index in [9.17, 15) is 14.9 Å². The van der Waals surface area contributed by atoms with Crippen LogP contribution in [0.2, 0.25) is 6.32 Å². The van der Waals surface area contributed by atoms with E-state index in [0.29, 0.717) is 31.7 Å². The Hall–Kier alpha value is -1.97. The number of aromatic carboxylic acids is 1. The number of likely N-dealkylation sites (tertiary alicyclic amines) is 1. The molecule has 1 fully saturated rings. The molecule has 0 radical (unpaired) electrons. The quantitative estimate of drug-likeness (QED) is 0.401. The van der Waals surface area contributed by atoms with Gasteiger partial charge in [-0.2, -0.15) is 0 Å². The maximum absolute atomic E-state index is 11.6. The van der Waals surface area contributed by atoms with Crippen LogP contribution in [-0.2, 0) is 11.2 Å². The molecule has 10 heteroatoms. The topological polar surface area (TPSA) is 112 Å². The molecule has 1 aromatic rings. The van der Waals surface area contributed by atoms with Gasteiger partial charge in [-0.3, -0.25) is 5.41 Å². The minimum Gasteiger partial charge on any atom is -0.535 e. The van der Waals surface area contributed by atoms with Gasteiger partial charge >= 0.3 is 13.1 Å². The van der Waals surface area contributed by atoms with Crippen LogP contribution in [0, 0.1) is 5.41 Å². The van der Waals surface area contributed by atoms with Gasteiger partial charge in [-0.1, -0.05) is 6.07 Å². The van der Waals surface area contributed by atoms with Gasteiger partial charge in [0.25, 0.3) is 0 Å². The van der Waals surface area contributed by atoms with E-state index in [0.717, 1.165) is 5.56 Å². The monoisotopic (exact) mass is 370 g/mol. The van der Waals surface area contributed by atoms with Crippen molar-refractivity contribution >= 4 is 31.3 Å². The van der Waals surface area contributed by atoms with Crippen molar-refractivity contribution in [3.8, 4) is 11.5 Å². The highest BCUT2D eigenvalue weighted by Gasteiger charge is 2.34. The first-order chi connectivity index (χ1) is 11.5. The molecule has 0 bridgehead atoms. The summed E-state index contributed by atoms with van der Waals surface area (Å²) in [6.45, 7) is 1.24. The highest BCUT2D eigenvalue weighted by molar-refractivity contribution is 6.44. The summed E-state index contributed by atoms with van der Waals surface area (Å²) in [6, 6.07) is 3.40. The van der Waals surface area contributed by atoms with Crippen LogP contribution in [0.25, 0.3) is 0 Å². The Balaban J connectivity index is 0.00000225. The van der Waals surface area contributed by atoms with E-state index < -0.39 is 13.1 Å². The number of amidine groups is 1. The number of aryl methyl sites for hydroxylation is 1. The Morgan fingerprint density at radius 3 is 2.84 bits per heavy atom. The summed E-state index contributed by atoms with van der Waals surface area (Å²) in [5.41, 5.74) is 0.693. The molecule has 25 heavy (non-hydrogen) atoms. The maximum Gasteiger partial charge on any atom is 0.522 e. The lowest BCUT2D eigenvalue weighted by molar-refractivity contribution is 0.0560. The number of fused-ring (bicyclic) bond motifs is 1. The fourth-order valence-electron chi connectivity index (χ4n) is 2.85. The number of hydrogen-bond donors (Lipinski definition) is 3. The number of carboxylic acids is 1. The third-order valence-electron chi connectivity index (χ3n) is 4.13. The molecule has 0 saturated carbocycles. The van der Waals surface area contributed by atoms with Crippen molar-refractivity contribution in [1.29, 1.82) is 5.41 Å². The lowest BCUT2D eigenvalue weighted by Crippen LogP contribution is -2.56. The molecule has 0 aliphatic carbocycles. The summed E-state index contributed by atoms with van der Waals surface area (Å²) in [7, 11) is 0.530. The number of nitrogens with zero attached hydrogens (tertiary/aromatic N) is 1. The average molecular weight is 371 g/mol. The van der Waals surface area contributed by atoms with Gasteiger partial charge in [0.1, 0.15) is 35.6 Å². The van der Waals surface area contributed by atoms with Crippen molar-refractivity contribution < 1.29 is 29.1 Å². The fourth-order valence-corrected chi connectivity index (χ4v) is 2.85. The molecule has 0 aromatic heterocycles. The van der Waals surface area contributed by atoms with E-state index in [2.05, 4.69) is 0 Å². The normalized spacial score (nSPS) is 16.2. The minimum absolute atomic E-state index is 0. The third-order valence-corrected chi connectivity index (χ3v) is 4.13. The second kappa shape index (κ2) is 7.94. The van der Waals surface area contributed by atoms with E-state index in [1.54, 1.807) is 17.0 Å². The van der Waals surface area contributed by atoms with Gasteiger partial charge in [0.05, 0.1) is 13.1 Å². The van der Waals surface area contributed by atoms with Crippen molar-refractivity contribution in [2.24, 2.45) is 0 Å². The summed E-state index contributed by atoms with van der Waals surface area (Å²) in [6.07, 6.45) is 0.792. The maximum atomic E-state index is 11.6.